The molecule has 1 amide bonds. The van der Waals surface area contributed by atoms with E-state index in [9.17, 15) is 14.9 Å². The number of thiophene rings is 1. The van der Waals surface area contributed by atoms with Crippen molar-refractivity contribution in [3.8, 4) is 0 Å². The summed E-state index contributed by atoms with van der Waals surface area (Å²) in [5.41, 5.74) is 2.24. The molecule has 9 heteroatoms. The maximum absolute atomic E-state index is 12.5. The van der Waals surface area contributed by atoms with E-state index in [1.165, 1.54) is 11.9 Å². The first-order valence-corrected chi connectivity index (χ1v) is 9.82. The van der Waals surface area contributed by atoms with E-state index in [4.69, 9.17) is 0 Å². The standard InChI is InChI=1S/C19H21N5O3S/c1-3-13(2)14-6-8-15(9-7-14)18(16-5-4-10-28-16)21-17(25)11-23-12-20-19(22-23)24(26)27/h4-10,12-13,18H,3,11H2,1-2H3,(H,21,25). The van der Waals surface area contributed by atoms with Crippen molar-refractivity contribution >= 4 is 23.2 Å². The lowest BCUT2D eigenvalue weighted by atomic mass is 9.95. The third kappa shape index (κ3) is 4.61. The van der Waals surface area contributed by atoms with Gasteiger partial charge in [0, 0.05) is 9.98 Å². The summed E-state index contributed by atoms with van der Waals surface area (Å²) in [5, 5.41) is 19.3. The Labute approximate surface area is 166 Å². The van der Waals surface area contributed by atoms with Crippen molar-refractivity contribution in [3.63, 3.8) is 0 Å². The van der Waals surface area contributed by atoms with E-state index in [0.29, 0.717) is 5.92 Å². The molecule has 0 bridgehead atoms. The zero-order valence-corrected chi connectivity index (χ0v) is 16.4. The van der Waals surface area contributed by atoms with Crippen molar-refractivity contribution in [2.24, 2.45) is 0 Å². The van der Waals surface area contributed by atoms with E-state index in [2.05, 4.69) is 41.4 Å². The number of rotatable bonds is 8. The average molecular weight is 399 g/mol. The van der Waals surface area contributed by atoms with Crippen LogP contribution < -0.4 is 5.32 Å². The molecule has 146 valence electrons. The molecule has 0 fully saturated rings. The monoisotopic (exact) mass is 399 g/mol. The number of nitro groups is 1. The number of amides is 1. The molecule has 1 N–H and O–H groups in total. The second-order valence-corrected chi connectivity index (χ2v) is 7.47. The molecule has 0 saturated heterocycles. The van der Waals surface area contributed by atoms with Crippen LogP contribution in [-0.4, -0.2) is 25.6 Å². The molecular formula is C19H21N5O3S. The molecule has 2 heterocycles. The molecule has 0 aliphatic heterocycles. The van der Waals surface area contributed by atoms with Gasteiger partial charge in [0.1, 0.15) is 6.54 Å². The molecule has 1 aromatic carbocycles. The summed E-state index contributed by atoms with van der Waals surface area (Å²) in [4.78, 5) is 27.1. The lowest BCUT2D eigenvalue weighted by Gasteiger charge is -2.19. The molecular weight excluding hydrogens is 378 g/mol. The lowest BCUT2D eigenvalue weighted by Crippen LogP contribution is -2.32. The number of hydrogen-bond acceptors (Lipinski definition) is 6. The first-order valence-electron chi connectivity index (χ1n) is 8.94. The van der Waals surface area contributed by atoms with Gasteiger partial charge >= 0.3 is 5.95 Å². The van der Waals surface area contributed by atoms with Gasteiger partial charge in [-0.05, 0) is 39.8 Å². The van der Waals surface area contributed by atoms with Crippen molar-refractivity contribution in [2.75, 3.05) is 0 Å². The molecule has 28 heavy (non-hydrogen) atoms. The molecule has 0 radical (unpaired) electrons. The van der Waals surface area contributed by atoms with Gasteiger partial charge in [-0.15, -0.1) is 11.3 Å². The van der Waals surface area contributed by atoms with Crippen molar-refractivity contribution in [3.05, 3.63) is 74.2 Å². The number of benzene rings is 1. The maximum Gasteiger partial charge on any atom is 0.490 e. The van der Waals surface area contributed by atoms with Gasteiger partial charge in [-0.3, -0.25) is 4.79 Å². The molecule has 0 aliphatic carbocycles. The fourth-order valence-corrected chi connectivity index (χ4v) is 3.63. The molecule has 0 spiro atoms. The first-order chi connectivity index (χ1) is 13.5. The van der Waals surface area contributed by atoms with Gasteiger partial charge in [-0.1, -0.05) is 49.2 Å². The molecule has 2 aromatic heterocycles. The summed E-state index contributed by atoms with van der Waals surface area (Å²) >= 11 is 1.56. The van der Waals surface area contributed by atoms with Crippen LogP contribution in [0.1, 0.15) is 48.2 Å². The number of aromatic nitrogens is 3. The fourth-order valence-electron chi connectivity index (χ4n) is 2.83. The second kappa shape index (κ2) is 8.75. The van der Waals surface area contributed by atoms with Crippen molar-refractivity contribution in [1.82, 2.24) is 20.1 Å². The number of nitrogens with one attached hydrogen (secondary N) is 1. The van der Waals surface area contributed by atoms with E-state index >= 15 is 0 Å². The molecule has 3 rings (SSSR count). The Bertz CT molecular complexity index is 937. The fraction of sp³-hybridized carbons (Fsp3) is 0.316. The quantitative estimate of drug-likeness (QED) is 0.460. The van der Waals surface area contributed by atoms with E-state index in [1.807, 2.05) is 29.6 Å². The highest BCUT2D eigenvalue weighted by Crippen LogP contribution is 2.28. The summed E-state index contributed by atoms with van der Waals surface area (Å²) in [5.74, 6) is -0.348. The average Bonchev–Trinajstić information content (AvgIpc) is 3.38. The van der Waals surface area contributed by atoms with Crippen LogP contribution in [0.4, 0.5) is 5.95 Å². The largest absolute Gasteiger partial charge is 0.490 e. The Hall–Kier alpha value is -3.07. The molecule has 2 unspecified atom stereocenters. The van der Waals surface area contributed by atoms with E-state index < -0.39 is 10.9 Å². The molecule has 8 nitrogen and oxygen atoms in total. The third-order valence-electron chi connectivity index (χ3n) is 4.58. The first kappa shape index (κ1) is 19.7. The highest BCUT2D eigenvalue weighted by molar-refractivity contribution is 7.10. The van der Waals surface area contributed by atoms with Gasteiger partial charge in [-0.2, -0.15) is 4.68 Å². The zero-order chi connectivity index (χ0) is 20.1. The summed E-state index contributed by atoms with van der Waals surface area (Å²) < 4.78 is 1.16. The molecule has 0 aliphatic rings. The van der Waals surface area contributed by atoms with Crippen LogP contribution in [0.3, 0.4) is 0 Å². The Balaban J connectivity index is 1.77. The summed E-state index contributed by atoms with van der Waals surface area (Å²) in [6.07, 6.45) is 2.24. The van der Waals surface area contributed by atoms with Gasteiger partial charge in [0.05, 0.1) is 6.04 Å². The van der Waals surface area contributed by atoms with Crippen LogP contribution in [-0.2, 0) is 11.3 Å². The van der Waals surface area contributed by atoms with E-state index in [1.54, 1.807) is 11.3 Å². The molecule has 2 atom stereocenters. The Morgan fingerprint density at radius 3 is 2.57 bits per heavy atom. The second-order valence-electron chi connectivity index (χ2n) is 6.49. The zero-order valence-electron chi connectivity index (χ0n) is 15.6. The smallest absolute Gasteiger partial charge is 0.390 e. The molecule has 0 saturated carbocycles. The van der Waals surface area contributed by atoms with Gasteiger partial charge in [-0.25, -0.2) is 0 Å². The van der Waals surface area contributed by atoms with Crippen LogP contribution in [0.2, 0.25) is 0 Å². The van der Waals surface area contributed by atoms with E-state index in [0.717, 1.165) is 21.5 Å². The summed E-state index contributed by atoms with van der Waals surface area (Å²) in [6, 6.07) is 11.9. The minimum Gasteiger partial charge on any atom is -0.390 e. The number of nitrogens with zero attached hydrogens (tertiary/aromatic N) is 4. The van der Waals surface area contributed by atoms with Crippen LogP contribution in [0.5, 0.6) is 0 Å². The SMILES string of the molecule is CCC(C)c1ccc(C(NC(=O)Cn2cnc([N+](=O)[O-])n2)c2cccs2)cc1. The Kier molecular flexibility index (Phi) is 6.15. The highest BCUT2D eigenvalue weighted by Gasteiger charge is 2.21. The Morgan fingerprint density at radius 2 is 2.00 bits per heavy atom. The van der Waals surface area contributed by atoms with Crippen LogP contribution in [0.15, 0.2) is 48.1 Å². The van der Waals surface area contributed by atoms with Gasteiger partial charge in [0.25, 0.3) is 0 Å². The summed E-state index contributed by atoms with van der Waals surface area (Å²) in [7, 11) is 0. The van der Waals surface area contributed by atoms with Crippen molar-refractivity contribution in [2.45, 2.75) is 38.8 Å². The van der Waals surface area contributed by atoms with Gasteiger partial charge in [0.2, 0.25) is 12.2 Å². The van der Waals surface area contributed by atoms with Crippen LogP contribution in [0, 0.1) is 10.1 Å². The topological polar surface area (TPSA) is 103 Å². The predicted molar refractivity (Wildman–Crippen MR) is 106 cm³/mol. The number of carbonyl (C=O) groups excluding carboxylic acids is 1. The van der Waals surface area contributed by atoms with Gasteiger partial charge in [0.15, 0.2) is 0 Å². The van der Waals surface area contributed by atoms with Crippen LogP contribution in [0.25, 0.3) is 0 Å². The number of carbonyl (C=O) groups is 1. The number of hydrogen-bond donors (Lipinski definition) is 1. The van der Waals surface area contributed by atoms with Crippen molar-refractivity contribution < 1.29 is 9.72 Å². The minimum atomic E-state index is -0.693. The van der Waals surface area contributed by atoms with Crippen molar-refractivity contribution in [1.29, 1.82) is 0 Å². The Morgan fingerprint density at radius 1 is 1.29 bits per heavy atom. The highest BCUT2D eigenvalue weighted by atomic mass is 32.1. The maximum atomic E-state index is 12.5. The van der Waals surface area contributed by atoms with Crippen LogP contribution >= 0.6 is 11.3 Å². The third-order valence-corrected chi connectivity index (χ3v) is 5.51. The normalized spacial score (nSPS) is 13.1. The van der Waals surface area contributed by atoms with Gasteiger partial charge < -0.3 is 15.4 Å². The lowest BCUT2D eigenvalue weighted by molar-refractivity contribution is -0.394. The minimum absolute atomic E-state index is 0.145. The predicted octanol–water partition coefficient (Wildman–Crippen LogP) is 3.67. The molecule has 3 aromatic rings. The summed E-state index contributed by atoms with van der Waals surface area (Å²) in [6.45, 7) is 4.19. The van der Waals surface area contributed by atoms with E-state index in [-0.39, 0.29) is 18.5 Å².